The van der Waals surface area contributed by atoms with Gasteiger partial charge in [-0.05, 0) is 49.2 Å². The zero-order valence-electron chi connectivity index (χ0n) is 15.8. The molecular weight excluding hydrogens is 423 g/mol. The molecule has 3 nitrogen and oxygen atoms in total. The second-order valence-electron chi connectivity index (χ2n) is 6.80. The van der Waals surface area contributed by atoms with Gasteiger partial charge in [0.2, 0.25) is 0 Å². The van der Waals surface area contributed by atoms with Crippen molar-refractivity contribution in [1.29, 1.82) is 0 Å². The second-order valence-corrected chi connectivity index (χ2v) is 7.59. The molecule has 0 aliphatic carbocycles. The highest BCUT2D eigenvalue weighted by Crippen LogP contribution is 2.25. The summed E-state index contributed by atoms with van der Waals surface area (Å²) in [7, 11) is 0. The van der Waals surface area contributed by atoms with Crippen molar-refractivity contribution in [1.82, 2.24) is 0 Å². The Hall–Kier alpha value is -2.14. The zero-order valence-corrected chi connectivity index (χ0v) is 17.3. The largest absolute Gasteiger partial charge is 0.493 e. The van der Waals surface area contributed by atoms with Crippen molar-refractivity contribution < 1.29 is 13.5 Å². The fourth-order valence-corrected chi connectivity index (χ4v) is 3.47. The minimum atomic E-state index is -0.328. The van der Waals surface area contributed by atoms with Gasteiger partial charge in [0.05, 0.1) is 12.0 Å². The van der Waals surface area contributed by atoms with Crippen molar-refractivity contribution in [2.75, 3.05) is 11.9 Å². The predicted molar refractivity (Wildman–Crippen MR) is 115 cm³/mol. The molecule has 0 bridgehead atoms. The van der Waals surface area contributed by atoms with Crippen LogP contribution in [0.1, 0.15) is 38.5 Å². The lowest BCUT2D eigenvalue weighted by atomic mass is 10.1. The molecule has 0 aliphatic rings. The molecule has 0 unspecified atom stereocenters. The smallest absolute Gasteiger partial charge is 0.193 e. The summed E-state index contributed by atoms with van der Waals surface area (Å²) in [6.45, 7) is 0.645. The van der Waals surface area contributed by atoms with Crippen LogP contribution in [-0.4, -0.2) is 11.9 Å². The van der Waals surface area contributed by atoms with Gasteiger partial charge in [0.25, 0.3) is 0 Å². The number of hydrogen-bond acceptors (Lipinski definition) is 3. The van der Waals surface area contributed by atoms with Gasteiger partial charge in [-0.15, -0.1) is 0 Å². The van der Waals surface area contributed by atoms with E-state index < -0.39 is 0 Å². The fraction of sp³-hybridized carbons (Fsp3) is 0.348. The Balaban J connectivity index is 1.63. The Morgan fingerprint density at radius 3 is 2.36 bits per heavy atom. The van der Waals surface area contributed by atoms with E-state index in [0.29, 0.717) is 34.6 Å². The van der Waals surface area contributed by atoms with Crippen LogP contribution in [0.2, 0.25) is 0 Å². The Kier molecular flexibility index (Phi) is 7.66. The predicted octanol–water partition coefficient (Wildman–Crippen LogP) is 6.71. The molecule has 2 aromatic carbocycles. The van der Waals surface area contributed by atoms with E-state index in [1.807, 2.05) is 0 Å². The summed E-state index contributed by atoms with van der Waals surface area (Å²) in [5.74, 6) is 0.773. The van der Waals surface area contributed by atoms with Gasteiger partial charge in [-0.3, -0.25) is 4.79 Å². The number of alkyl halides is 1. The van der Waals surface area contributed by atoms with E-state index in [1.54, 1.807) is 30.3 Å². The van der Waals surface area contributed by atoms with Crippen molar-refractivity contribution in [3.63, 3.8) is 0 Å². The standard InChI is InChI=1S/C23H24BrFO3/c24-13-5-3-1-2-4-6-14-27-19-11-12-20-21(26)16-22(28-23(20)15-19)17-7-9-18(25)10-8-17/h7-12,15-16H,1-6,13-14H2. The molecule has 0 aliphatic heterocycles. The summed E-state index contributed by atoms with van der Waals surface area (Å²) in [5, 5.41) is 1.59. The van der Waals surface area contributed by atoms with Crippen LogP contribution < -0.4 is 10.2 Å². The first-order chi connectivity index (χ1) is 13.7. The Morgan fingerprint density at radius 2 is 1.61 bits per heavy atom. The van der Waals surface area contributed by atoms with E-state index in [0.717, 1.165) is 18.2 Å². The molecule has 1 aromatic heterocycles. The van der Waals surface area contributed by atoms with Gasteiger partial charge < -0.3 is 9.15 Å². The first kappa shape index (κ1) is 20.6. The molecule has 0 fully saturated rings. The van der Waals surface area contributed by atoms with Gasteiger partial charge in [-0.1, -0.05) is 41.6 Å². The highest BCUT2D eigenvalue weighted by atomic mass is 79.9. The monoisotopic (exact) mass is 446 g/mol. The molecule has 148 valence electrons. The average molecular weight is 447 g/mol. The minimum absolute atomic E-state index is 0.129. The first-order valence-electron chi connectivity index (χ1n) is 9.70. The Bertz CT molecular complexity index is 950. The quantitative estimate of drug-likeness (QED) is 0.256. The third kappa shape index (κ3) is 5.68. The van der Waals surface area contributed by atoms with Crippen molar-refractivity contribution >= 4 is 26.9 Å². The van der Waals surface area contributed by atoms with Crippen LogP contribution >= 0.6 is 15.9 Å². The summed E-state index contributed by atoms with van der Waals surface area (Å²) in [5.41, 5.74) is 1.00. The molecule has 3 rings (SSSR count). The van der Waals surface area contributed by atoms with Crippen LogP contribution in [-0.2, 0) is 0 Å². The molecular formula is C23H24BrFO3. The van der Waals surface area contributed by atoms with E-state index in [2.05, 4.69) is 15.9 Å². The van der Waals surface area contributed by atoms with Crippen molar-refractivity contribution in [2.24, 2.45) is 0 Å². The molecule has 1 heterocycles. The van der Waals surface area contributed by atoms with Crippen LogP contribution in [0.25, 0.3) is 22.3 Å². The minimum Gasteiger partial charge on any atom is -0.493 e. The summed E-state index contributed by atoms with van der Waals surface area (Å²) < 4.78 is 24.8. The maximum absolute atomic E-state index is 13.1. The van der Waals surface area contributed by atoms with Crippen LogP contribution in [0, 0.1) is 5.82 Å². The van der Waals surface area contributed by atoms with Gasteiger partial charge in [-0.25, -0.2) is 4.39 Å². The van der Waals surface area contributed by atoms with Crippen molar-refractivity contribution in [2.45, 2.75) is 38.5 Å². The maximum Gasteiger partial charge on any atom is 0.193 e. The molecule has 0 N–H and O–H groups in total. The third-order valence-corrected chi connectivity index (χ3v) is 5.19. The summed E-state index contributed by atoms with van der Waals surface area (Å²) in [6.07, 6.45) is 7.15. The van der Waals surface area contributed by atoms with E-state index in [1.165, 1.54) is 43.9 Å². The first-order valence-corrected chi connectivity index (χ1v) is 10.8. The van der Waals surface area contributed by atoms with Crippen LogP contribution in [0.5, 0.6) is 5.75 Å². The number of hydrogen-bond donors (Lipinski definition) is 0. The number of unbranched alkanes of at least 4 members (excludes halogenated alkanes) is 5. The lowest BCUT2D eigenvalue weighted by Crippen LogP contribution is -2.02. The summed E-state index contributed by atoms with van der Waals surface area (Å²) in [4.78, 5) is 12.4. The van der Waals surface area contributed by atoms with Crippen LogP contribution in [0.4, 0.5) is 4.39 Å². The number of benzene rings is 2. The van der Waals surface area contributed by atoms with Crippen molar-refractivity contribution in [3.05, 3.63) is 64.6 Å². The van der Waals surface area contributed by atoms with Gasteiger partial charge in [0.15, 0.2) is 5.43 Å². The number of ether oxygens (including phenoxy) is 1. The number of halogens is 2. The molecule has 0 radical (unpaired) electrons. The Morgan fingerprint density at radius 1 is 0.893 bits per heavy atom. The second kappa shape index (κ2) is 10.4. The van der Waals surface area contributed by atoms with Crippen LogP contribution in [0.15, 0.2) is 57.7 Å². The van der Waals surface area contributed by atoms with E-state index in [9.17, 15) is 9.18 Å². The average Bonchev–Trinajstić information content (AvgIpc) is 2.70. The third-order valence-electron chi connectivity index (χ3n) is 4.63. The van der Waals surface area contributed by atoms with Gasteiger partial charge in [0.1, 0.15) is 22.9 Å². The molecule has 28 heavy (non-hydrogen) atoms. The van der Waals surface area contributed by atoms with Gasteiger partial charge in [0, 0.05) is 23.0 Å². The fourth-order valence-electron chi connectivity index (χ4n) is 3.08. The summed E-state index contributed by atoms with van der Waals surface area (Å²) in [6, 6.07) is 12.6. The summed E-state index contributed by atoms with van der Waals surface area (Å²) >= 11 is 3.45. The molecule has 5 heteroatoms. The molecule has 0 atom stereocenters. The molecule has 0 saturated carbocycles. The topological polar surface area (TPSA) is 39.4 Å². The van der Waals surface area contributed by atoms with E-state index in [4.69, 9.17) is 9.15 Å². The lowest BCUT2D eigenvalue weighted by molar-refractivity contribution is 0.304. The van der Waals surface area contributed by atoms with Gasteiger partial charge >= 0.3 is 0 Å². The highest BCUT2D eigenvalue weighted by Gasteiger charge is 2.08. The molecule has 3 aromatic rings. The maximum atomic E-state index is 13.1. The number of fused-ring (bicyclic) bond motifs is 1. The highest BCUT2D eigenvalue weighted by molar-refractivity contribution is 9.09. The number of rotatable bonds is 10. The van der Waals surface area contributed by atoms with Gasteiger partial charge in [-0.2, -0.15) is 0 Å². The zero-order chi connectivity index (χ0) is 19.8. The lowest BCUT2D eigenvalue weighted by Gasteiger charge is -2.08. The normalized spacial score (nSPS) is 11.1. The Labute approximate surface area is 172 Å². The van der Waals surface area contributed by atoms with Crippen molar-refractivity contribution in [3.8, 4) is 17.1 Å². The SMILES string of the molecule is O=c1cc(-c2ccc(F)cc2)oc2cc(OCCCCCCCCBr)ccc12. The molecule has 0 saturated heterocycles. The molecule has 0 amide bonds. The van der Waals surface area contributed by atoms with Crippen LogP contribution in [0.3, 0.4) is 0 Å². The van der Waals surface area contributed by atoms with E-state index in [-0.39, 0.29) is 11.2 Å². The molecule has 0 spiro atoms. The van der Waals surface area contributed by atoms with E-state index >= 15 is 0 Å².